The second kappa shape index (κ2) is 27.0. The summed E-state index contributed by atoms with van der Waals surface area (Å²) in [6, 6.07) is 7.28. The van der Waals surface area contributed by atoms with Crippen LogP contribution >= 0.6 is 0 Å². The Bertz CT molecular complexity index is 830. The van der Waals surface area contributed by atoms with E-state index in [-0.39, 0.29) is 25.0 Å². The second-order valence-electron chi connectivity index (χ2n) is 10.6. The summed E-state index contributed by atoms with van der Waals surface area (Å²) in [5, 5.41) is 3.31. The van der Waals surface area contributed by atoms with Crippen LogP contribution in [0.5, 0.6) is 0 Å². The molecule has 1 N–H and O–H groups in total. The predicted octanol–water partition coefficient (Wildman–Crippen LogP) is 3.90. The van der Waals surface area contributed by atoms with Crippen molar-refractivity contribution >= 4 is 17.6 Å². The molecule has 254 valence electrons. The van der Waals surface area contributed by atoms with Crippen LogP contribution in [0.2, 0.25) is 0 Å². The normalized spacial score (nSPS) is 11.5. The monoisotopic (exact) mass is 629 g/mol. The van der Waals surface area contributed by atoms with Crippen molar-refractivity contribution in [1.82, 2.24) is 0 Å². The average Bonchev–Trinajstić information content (AvgIpc) is 2.98. The van der Waals surface area contributed by atoms with E-state index in [2.05, 4.69) is 12.2 Å². The zero-order chi connectivity index (χ0) is 32.1. The van der Waals surface area contributed by atoms with E-state index in [1.807, 2.05) is 32.9 Å². The number of benzene rings is 1. The zero-order valence-electron chi connectivity index (χ0n) is 27.2. The summed E-state index contributed by atoms with van der Waals surface area (Å²) in [5.74, 6) is -0.632. The summed E-state index contributed by atoms with van der Waals surface area (Å²) in [7, 11) is 0. The maximum absolute atomic E-state index is 12.1. The molecule has 0 radical (unpaired) electrons. The SMILES string of the molecule is CCCCNc1ccc(C(=O)OCCOCCOCCOCCOCCOCCOCCOCCC(=O)OC(C)(C)C)cc1. The Morgan fingerprint density at radius 3 is 1.43 bits per heavy atom. The lowest BCUT2D eigenvalue weighted by Gasteiger charge is -2.19. The molecule has 0 bridgehead atoms. The number of anilines is 1. The number of hydrogen-bond acceptors (Lipinski definition) is 12. The number of unbranched alkanes of at least 4 members (excludes halogenated alkanes) is 1. The molecule has 0 unspecified atom stereocenters. The predicted molar refractivity (Wildman–Crippen MR) is 166 cm³/mol. The first-order chi connectivity index (χ1) is 21.3. The minimum absolute atomic E-state index is 0.187. The molecule has 0 aliphatic heterocycles. The van der Waals surface area contributed by atoms with Crippen molar-refractivity contribution < 1.29 is 52.2 Å². The van der Waals surface area contributed by atoms with Crippen molar-refractivity contribution in [3.05, 3.63) is 29.8 Å². The maximum Gasteiger partial charge on any atom is 0.338 e. The second-order valence-corrected chi connectivity index (χ2v) is 10.6. The van der Waals surface area contributed by atoms with Gasteiger partial charge in [0.1, 0.15) is 12.2 Å². The molecule has 0 fully saturated rings. The topological polar surface area (TPSA) is 129 Å². The van der Waals surface area contributed by atoms with Gasteiger partial charge in [-0.2, -0.15) is 0 Å². The van der Waals surface area contributed by atoms with Gasteiger partial charge in [0, 0.05) is 12.2 Å². The molecule has 1 rings (SSSR count). The Kier molecular flexibility index (Phi) is 24.4. The lowest BCUT2D eigenvalue weighted by molar-refractivity contribution is -0.156. The van der Waals surface area contributed by atoms with E-state index >= 15 is 0 Å². The summed E-state index contributed by atoms with van der Waals surface area (Å²) in [6.07, 6.45) is 2.47. The van der Waals surface area contributed by atoms with E-state index in [4.69, 9.17) is 42.6 Å². The molecule has 12 heteroatoms. The third-order valence-corrected chi connectivity index (χ3v) is 5.54. The number of carbonyl (C=O) groups is 2. The van der Waals surface area contributed by atoms with Crippen LogP contribution in [0.25, 0.3) is 0 Å². The quantitative estimate of drug-likeness (QED) is 0.102. The van der Waals surface area contributed by atoms with Crippen LogP contribution in [0.3, 0.4) is 0 Å². The van der Waals surface area contributed by atoms with Crippen molar-refractivity contribution in [2.75, 3.05) is 111 Å². The molecule has 0 saturated heterocycles. The van der Waals surface area contributed by atoms with E-state index in [0.29, 0.717) is 98.1 Å². The molecule has 44 heavy (non-hydrogen) atoms. The van der Waals surface area contributed by atoms with Crippen LogP contribution < -0.4 is 5.32 Å². The van der Waals surface area contributed by atoms with E-state index in [9.17, 15) is 9.59 Å². The fraction of sp³-hybridized carbons (Fsp3) is 0.750. The third kappa shape index (κ3) is 25.1. The van der Waals surface area contributed by atoms with Gasteiger partial charge in [-0.25, -0.2) is 4.79 Å². The highest BCUT2D eigenvalue weighted by Gasteiger charge is 2.15. The van der Waals surface area contributed by atoms with Crippen LogP contribution in [-0.2, 0) is 47.4 Å². The molecule has 0 aromatic heterocycles. The van der Waals surface area contributed by atoms with Crippen LogP contribution in [0, 0.1) is 0 Å². The molecular formula is C32H55NO11. The Labute approximate surface area is 263 Å². The third-order valence-electron chi connectivity index (χ3n) is 5.54. The first-order valence-electron chi connectivity index (χ1n) is 15.6. The van der Waals surface area contributed by atoms with Crippen molar-refractivity contribution in [1.29, 1.82) is 0 Å². The Morgan fingerprint density at radius 2 is 1.02 bits per heavy atom. The molecule has 0 saturated carbocycles. The maximum atomic E-state index is 12.1. The number of ether oxygens (including phenoxy) is 9. The summed E-state index contributed by atoms with van der Waals surface area (Å²) in [6.45, 7) is 14.8. The summed E-state index contributed by atoms with van der Waals surface area (Å²) in [4.78, 5) is 23.7. The molecule has 12 nitrogen and oxygen atoms in total. The minimum Gasteiger partial charge on any atom is -0.460 e. The molecule has 0 aliphatic rings. The molecule has 0 atom stereocenters. The van der Waals surface area contributed by atoms with Gasteiger partial charge in [0.05, 0.1) is 104 Å². The van der Waals surface area contributed by atoms with Crippen molar-refractivity contribution in [3.8, 4) is 0 Å². The first-order valence-corrected chi connectivity index (χ1v) is 15.6. The standard InChI is InChI=1S/C32H55NO11/c1-5-6-12-33-29-9-7-28(8-10-29)31(35)43-27-26-42-25-24-41-23-22-40-21-20-39-19-18-38-17-16-37-15-14-36-13-11-30(34)44-32(2,3)4/h7-10,33H,5-6,11-27H2,1-4H3. The fourth-order valence-corrected chi connectivity index (χ4v) is 3.38. The lowest BCUT2D eigenvalue weighted by Crippen LogP contribution is -2.24. The van der Waals surface area contributed by atoms with Gasteiger partial charge in [0.2, 0.25) is 0 Å². The Hall–Kier alpha value is -2.32. The summed E-state index contributed by atoms with van der Waals surface area (Å²) in [5.41, 5.74) is 1.03. The molecule has 0 spiro atoms. The van der Waals surface area contributed by atoms with Gasteiger partial charge in [-0.05, 0) is 51.5 Å². The number of hydrogen-bond donors (Lipinski definition) is 1. The fourth-order valence-electron chi connectivity index (χ4n) is 3.38. The van der Waals surface area contributed by atoms with E-state index in [1.54, 1.807) is 12.1 Å². The Morgan fingerprint density at radius 1 is 0.614 bits per heavy atom. The summed E-state index contributed by atoms with van der Waals surface area (Å²) >= 11 is 0. The molecule has 1 aromatic carbocycles. The van der Waals surface area contributed by atoms with Gasteiger partial charge in [-0.15, -0.1) is 0 Å². The van der Waals surface area contributed by atoms with Crippen molar-refractivity contribution in [2.24, 2.45) is 0 Å². The highest BCUT2D eigenvalue weighted by atomic mass is 16.6. The highest BCUT2D eigenvalue weighted by molar-refractivity contribution is 5.89. The number of nitrogens with one attached hydrogen (secondary N) is 1. The molecule has 1 aromatic rings. The minimum atomic E-state index is -0.476. The summed E-state index contributed by atoms with van der Waals surface area (Å²) < 4.78 is 48.5. The van der Waals surface area contributed by atoms with Crippen LogP contribution in [0.4, 0.5) is 5.69 Å². The van der Waals surface area contributed by atoms with Crippen LogP contribution in [-0.4, -0.2) is 123 Å². The average molecular weight is 630 g/mol. The first kappa shape index (κ1) is 39.7. The van der Waals surface area contributed by atoms with E-state index in [0.717, 1.165) is 25.1 Å². The van der Waals surface area contributed by atoms with E-state index in [1.165, 1.54) is 0 Å². The number of esters is 2. The van der Waals surface area contributed by atoms with Gasteiger partial charge in [-0.3, -0.25) is 4.79 Å². The van der Waals surface area contributed by atoms with Crippen molar-refractivity contribution in [3.63, 3.8) is 0 Å². The van der Waals surface area contributed by atoms with Crippen LogP contribution in [0.1, 0.15) is 57.3 Å². The van der Waals surface area contributed by atoms with E-state index < -0.39 is 5.60 Å². The van der Waals surface area contributed by atoms with Gasteiger partial charge >= 0.3 is 11.9 Å². The number of carbonyl (C=O) groups excluding carboxylic acids is 2. The van der Waals surface area contributed by atoms with Gasteiger partial charge in [-0.1, -0.05) is 13.3 Å². The molecule has 0 amide bonds. The van der Waals surface area contributed by atoms with Gasteiger partial charge in [0.15, 0.2) is 0 Å². The van der Waals surface area contributed by atoms with Crippen LogP contribution in [0.15, 0.2) is 24.3 Å². The molecule has 0 heterocycles. The lowest BCUT2D eigenvalue weighted by atomic mass is 10.2. The Balaban J connectivity index is 1.76. The van der Waals surface area contributed by atoms with Gasteiger partial charge < -0.3 is 47.9 Å². The zero-order valence-corrected chi connectivity index (χ0v) is 27.2. The molecular weight excluding hydrogens is 574 g/mol. The van der Waals surface area contributed by atoms with Crippen molar-refractivity contribution in [2.45, 2.75) is 52.6 Å². The highest BCUT2D eigenvalue weighted by Crippen LogP contribution is 2.11. The molecule has 0 aliphatic carbocycles. The largest absolute Gasteiger partial charge is 0.460 e. The van der Waals surface area contributed by atoms with Gasteiger partial charge in [0.25, 0.3) is 0 Å². The number of rotatable bonds is 29. The smallest absolute Gasteiger partial charge is 0.338 e.